The topological polar surface area (TPSA) is 96.0 Å². The molecule has 0 N–H and O–H groups in total. The molecule has 0 saturated carbocycles. The normalized spacial score (nSPS) is 17.9. The number of ether oxygens (including phenoxy) is 6. The zero-order valence-electron chi connectivity index (χ0n) is 30.3. The maximum atomic E-state index is 13.1. The van der Waals surface area contributed by atoms with Crippen LogP contribution in [0.3, 0.4) is 0 Å². The summed E-state index contributed by atoms with van der Waals surface area (Å²) >= 11 is 0. The molecule has 0 amide bonds. The van der Waals surface area contributed by atoms with E-state index in [1.807, 2.05) is 4.90 Å². The Hall–Kier alpha value is -3.12. The van der Waals surface area contributed by atoms with Crippen LogP contribution < -0.4 is 0 Å². The van der Waals surface area contributed by atoms with Crippen molar-refractivity contribution in [3.8, 4) is 0 Å². The van der Waals surface area contributed by atoms with Crippen molar-refractivity contribution in [2.24, 2.45) is 5.92 Å². The third-order valence-electron chi connectivity index (χ3n) is 8.04. The van der Waals surface area contributed by atoms with Crippen LogP contribution in [0.4, 0.5) is 0 Å². The van der Waals surface area contributed by atoms with Gasteiger partial charge in [0.2, 0.25) is 0 Å². The van der Waals surface area contributed by atoms with Crippen LogP contribution >= 0.6 is 0 Å². The van der Waals surface area contributed by atoms with Gasteiger partial charge in [0.25, 0.3) is 0 Å². The number of nitrogens with zero attached hydrogens (tertiary/aromatic N) is 2. The molecule has 0 aliphatic carbocycles. The Morgan fingerprint density at radius 1 is 0.612 bits per heavy atom. The second-order valence-corrected chi connectivity index (χ2v) is 14.4. The lowest BCUT2D eigenvalue weighted by molar-refractivity contribution is -0.175. The van der Waals surface area contributed by atoms with Crippen molar-refractivity contribution in [2.45, 2.75) is 59.3 Å². The Morgan fingerprint density at radius 2 is 1.00 bits per heavy atom. The van der Waals surface area contributed by atoms with Gasteiger partial charge in [-0.1, -0.05) is 48.5 Å². The van der Waals surface area contributed by atoms with Crippen molar-refractivity contribution in [1.82, 2.24) is 9.80 Å². The fourth-order valence-corrected chi connectivity index (χ4v) is 5.73. The molecule has 1 heterocycles. The molecular formula is C39H56N2O8. The third kappa shape index (κ3) is 13.3. The van der Waals surface area contributed by atoms with Crippen molar-refractivity contribution in [2.75, 3.05) is 85.6 Å². The molecule has 3 aromatic carbocycles. The number of fused-ring (bicyclic) bond motifs is 2. The van der Waals surface area contributed by atoms with Gasteiger partial charge in [0.1, 0.15) is 11.2 Å². The van der Waals surface area contributed by atoms with Crippen LogP contribution in [0.2, 0.25) is 0 Å². The van der Waals surface area contributed by atoms with Crippen LogP contribution in [0.1, 0.15) is 47.1 Å². The first-order valence-corrected chi connectivity index (χ1v) is 17.5. The van der Waals surface area contributed by atoms with E-state index in [4.69, 9.17) is 28.4 Å². The van der Waals surface area contributed by atoms with Gasteiger partial charge in [-0.3, -0.25) is 19.4 Å². The van der Waals surface area contributed by atoms with Gasteiger partial charge >= 0.3 is 11.9 Å². The Morgan fingerprint density at radius 3 is 1.41 bits per heavy atom. The summed E-state index contributed by atoms with van der Waals surface area (Å²) in [7, 11) is 0. The van der Waals surface area contributed by atoms with Gasteiger partial charge < -0.3 is 28.4 Å². The lowest BCUT2D eigenvalue weighted by Gasteiger charge is -2.30. The van der Waals surface area contributed by atoms with Crippen LogP contribution in [0, 0.1) is 5.92 Å². The molecule has 1 aliphatic rings. The number of benzene rings is 3. The van der Waals surface area contributed by atoms with Crippen LogP contribution in [0.5, 0.6) is 0 Å². The maximum Gasteiger partial charge on any atom is 0.322 e. The van der Waals surface area contributed by atoms with Crippen molar-refractivity contribution in [3.63, 3.8) is 0 Å². The highest BCUT2D eigenvalue weighted by molar-refractivity contribution is 6.02. The Bertz CT molecular complexity index is 1380. The van der Waals surface area contributed by atoms with E-state index in [1.54, 1.807) is 41.5 Å². The first-order chi connectivity index (χ1) is 23.4. The van der Waals surface area contributed by atoms with Gasteiger partial charge in [-0.2, -0.15) is 0 Å². The van der Waals surface area contributed by atoms with Crippen LogP contribution in [0.25, 0.3) is 21.5 Å². The predicted octanol–water partition coefficient (Wildman–Crippen LogP) is 5.48. The van der Waals surface area contributed by atoms with Crippen LogP contribution in [-0.4, -0.2) is 119 Å². The van der Waals surface area contributed by atoms with Crippen LogP contribution in [0.15, 0.2) is 54.6 Å². The minimum Gasteiger partial charge on any atom is -0.459 e. The van der Waals surface area contributed by atoms with Gasteiger partial charge in [0.05, 0.1) is 52.9 Å². The smallest absolute Gasteiger partial charge is 0.322 e. The maximum absolute atomic E-state index is 13.1. The van der Waals surface area contributed by atoms with E-state index >= 15 is 0 Å². The van der Waals surface area contributed by atoms with E-state index in [-0.39, 0.29) is 6.54 Å². The Labute approximate surface area is 291 Å². The molecular weight excluding hydrogens is 624 g/mol. The zero-order valence-corrected chi connectivity index (χ0v) is 30.3. The fraction of sp³-hybridized carbons (Fsp3) is 0.590. The molecule has 1 saturated heterocycles. The minimum absolute atomic E-state index is 0.130. The van der Waals surface area contributed by atoms with E-state index in [0.29, 0.717) is 65.9 Å². The highest BCUT2D eigenvalue weighted by Crippen LogP contribution is 2.29. The molecule has 0 aromatic heterocycles. The number of carbonyl (C=O) groups excluding carboxylic acids is 2. The highest BCUT2D eigenvalue weighted by Gasteiger charge is 2.36. The second kappa shape index (κ2) is 18.8. The Balaban J connectivity index is 1.36. The number of carbonyl (C=O) groups is 2. The van der Waals surface area contributed by atoms with Gasteiger partial charge in [-0.05, 0) is 74.7 Å². The van der Waals surface area contributed by atoms with E-state index in [9.17, 15) is 9.59 Å². The molecule has 10 heteroatoms. The average Bonchev–Trinajstić information content (AvgIpc) is 3.02. The highest BCUT2D eigenvalue weighted by atomic mass is 16.6. The molecule has 1 aliphatic heterocycles. The standard InChI is InChI=1S/C39H56N2O8/c1-38(2,3)48-36(42)35(37(43)49-39(4,5)6)29-41-17-21-46-25-23-44-19-15-40(16-20-45-24-26-47-22-18-41)28-34-32-13-9-7-11-30(32)27-31-12-8-10-14-33(31)34/h7-14,27,35H,15-26,28-29H2,1-6H3. The molecule has 4 rings (SSSR count). The van der Waals surface area contributed by atoms with Crippen molar-refractivity contribution >= 4 is 33.5 Å². The molecule has 270 valence electrons. The van der Waals surface area contributed by atoms with E-state index < -0.39 is 29.1 Å². The number of hydrogen-bond donors (Lipinski definition) is 0. The molecule has 0 spiro atoms. The summed E-state index contributed by atoms with van der Waals surface area (Å²) in [5, 5.41) is 5.01. The fourth-order valence-electron chi connectivity index (χ4n) is 5.73. The Kier molecular flexibility index (Phi) is 14.8. The summed E-state index contributed by atoms with van der Waals surface area (Å²) in [6, 6.07) is 19.4. The largest absolute Gasteiger partial charge is 0.459 e. The molecule has 0 radical (unpaired) electrons. The lowest BCUT2D eigenvalue weighted by atomic mass is 9.96. The summed E-state index contributed by atoms with van der Waals surface area (Å²) < 4.78 is 35.1. The van der Waals surface area contributed by atoms with Gasteiger partial charge in [-0.25, -0.2) is 0 Å². The van der Waals surface area contributed by atoms with Crippen LogP contribution in [-0.2, 0) is 44.6 Å². The van der Waals surface area contributed by atoms with E-state index in [1.165, 1.54) is 27.1 Å². The first-order valence-electron chi connectivity index (χ1n) is 17.5. The summed E-state index contributed by atoms with van der Waals surface area (Å²) in [5.74, 6) is -2.31. The lowest BCUT2D eigenvalue weighted by Crippen LogP contribution is -2.45. The third-order valence-corrected chi connectivity index (χ3v) is 8.04. The predicted molar refractivity (Wildman–Crippen MR) is 192 cm³/mol. The van der Waals surface area contributed by atoms with Crippen molar-refractivity contribution in [3.05, 3.63) is 60.2 Å². The second-order valence-electron chi connectivity index (χ2n) is 14.4. The molecule has 1 fully saturated rings. The number of esters is 2. The molecule has 3 aromatic rings. The zero-order chi connectivity index (χ0) is 35.3. The summed E-state index contributed by atoms with van der Waals surface area (Å²) in [5.41, 5.74) is -0.163. The van der Waals surface area contributed by atoms with Crippen molar-refractivity contribution < 1.29 is 38.0 Å². The quantitative estimate of drug-likeness (QED) is 0.189. The van der Waals surface area contributed by atoms with Gasteiger partial charge in [0, 0.05) is 39.3 Å². The summed E-state index contributed by atoms with van der Waals surface area (Å²) in [6.07, 6.45) is 0. The molecule has 0 bridgehead atoms. The SMILES string of the molecule is CC(C)(C)OC(=O)C(CN1CCOCCOCCN(Cc2c3ccccc3cc3ccccc23)CCOCCOCC1)C(=O)OC(C)(C)C. The minimum atomic E-state index is -1.10. The van der Waals surface area contributed by atoms with E-state index in [2.05, 4.69) is 59.5 Å². The number of hydrogen-bond acceptors (Lipinski definition) is 10. The summed E-state index contributed by atoms with van der Waals surface area (Å²) in [4.78, 5) is 30.7. The summed E-state index contributed by atoms with van der Waals surface area (Å²) in [6.45, 7) is 17.8. The number of rotatable bonds is 6. The van der Waals surface area contributed by atoms with Gasteiger partial charge in [-0.15, -0.1) is 0 Å². The van der Waals surface area contributed by atoms with E-state index in [0.717, 1.165) is 19.6 Å². The van der Waals surface area contributed by atoms with Crippen molar-refractivity contribution in [1.29, 1.82) is 0 Å². The molecule has 49 heavy (non-hydrogen) atoms. The van der Waals surface area contributed by atoms with Gasteiger partial charge in [0.15, 0.2) is 5.92 Å². The molecule has 10 nitrogen and oxygen atoms in total. The average molecular weight is 681 g/mol. The molecule has 0 unspecified atom stereocenters. The monoisotopic (exact) mass is 680 g/mol. The first kappa shape index (κ1) is 38.7. The molecule has 0 atom stereocenters.